The van der Waals surface area contributed by atoms with E-state index in [0.29, 0.717) is 36.0 Å². The minimum absolute atomic E-state index is 0. The van der Waals surface area contributed by atoms with Crippen molar-refractivity contribution >= 4 is 39.9 Å². The molecule has 0 radical (unpaired) electrons. The number of benzene rings is 3. The molecule has 7 nitrogen and oxygen atoms in total. The first kappa shape index (κ1) is 23.8. The number of hydrogen-bond donors (Lipinski definition) is 1. The van der Waals surface area contributed by atoms with Crippen molar-refractivity contribution < 1.29 is 28.8 Å². The lowest BCUT2D eigenvalue weighted by atomic mass is 9.95. The normalized spacial score (nSPS) is 16.1. The first-order valence-corrected chi connectivity index (χ1v) is 10.2. The van der Waals surface area contributed by atoms with Crippen LogP contribution in [0.1, 0.15) is 18.4 Å². The second-order valence-corrected chi connectivity index (χ2v) is 7.68. The van der Waals surface area contributed by atoms with Gasteiger partial charge in [0.25, 0.3) is 0 Å². The molecule has 0 bridgehead atoms. The van der Waals surface area contributed by atoms with Crippen LogP contribution in [0, 0.1) is 0 Å². The highest BCUT2D eigenvalue weighted by molar-refractivity contribution is 6.11. The minimum Gasteiger partial charge on any atom is -0.493 e. The van der Waals surface area contributed by atoms with E-state index in [9.17, 15) is 9.90 Å². The summed E-state index contributed by atoms with van der Waals surface area (Å²) in [7, 11) is 6.45. The van der Waals surface area contributed by atoms with Gasteiger partial charge in [-0.05, 0) is 76.8 Å². The van der Waals surface area contributed by atoms with Crippen LogP contribution in [0.4, 0.5) is 0 Å². The van der Waals surface area contributed by atoms with Crippen molar-refractivity contribution in [2.75, 3.05) is 35.0 Å². The van der Waals surface area contributed by atoms with Gasteiger partial charge in [-0.15, -0.1) is 12.4 Å². The number of rotatable bonds is 7. The lowest BCUT2D eigenvalue weighted by Crippen LogP contribution is -2.35. The zero-order chi connectivity index (χ0) is 22.1. The number of nitrogens with zero attached hydrogens (tertiary/aromatic N) is 1. The highest BCUT2D eigenvalue weighted by Gasteiger charge is 2.31. The summed E-state index contributed by atoms with van der Waals surface area (Å²) in [5, 5.41) is 13.6. The number of halogens is 1. The van der Waals surface area contributed by atoms with Gasteiger partial charge < -0.3 is 24.1 Å². The Morgan fingerprint density at radius 2 is 1.41 bits per heavy atom. The summed E-state index contributed by atoms with van der Waals surface area (Å²) < 4.78 is 22.1. The van der Waals surface area contributed by atoms with E-state index in [1.165, 1.54) is 0 Å². The fraction of sp³-hybridized carbons (Fsp3) is 0.375. The molecule has 8 heteroatoms. The quantitative estimate of drug-likeness (QED) is 0.519. The first-order valence-electron chi connectivity index (χ1n) is 10.2. The van der Waals surface area contributed by atoms with E-state index in [1.54, 1.807) is 28.4 Å². The fourth-order valence-electron chi connectivity index (χ4n) is 4.52. The Morgan fingerprint density at radius 3 is 1.97 bits per heavy atom. The molecule has 0 aromatic heterocycles. The Bertz CT molecular complexity index is 1150. The van der Waals surface area contributed by atoms with Crippen LogP contribution in [0.25, 0.3) is 21.5 Å². The molecule has 1 aliphatic rings. The molecule has 0 aliphatic carbocycles. The van der Waals surface area contributed by atoms with E-state index in [-0.39, 0.29) is 12.4 Å². The van der Waals surface area contributed by atoms with Crippen LogP contribution >= 0.6 is 12.4 Å². The number of methoxy groups -OCH3 is 4. The average Bonchev–Trinajstić information content (AvgIpc) is 3.25. The monoisotopic (exact) mass is 461 g/mol. The molecule has 0 saturated carbocycles. The van der Waals surface area contributed by atoms with Gasteiger partial charge in [0.15, 0.2) is 23.0 Å². The second-order valence-electron chi connectivity index (χ2n) is 7.68. The van der Waals surface area contributed by atoms with E-state index in [1.807, 2.05) is 29.2 Å². The Labute approximate surface area is 193 Å². The summed E-state index contributed by atoms with van der Waals surface area (Å²) in [6.07, 6.45) is 1.55. The first-order chi connectivity index (χ1) is 15.0. The van der Waals surface area contributed by atoms with E-state index >= 15 is 0 Å². The third kappa shape index (κ3) is 4.10. The topological polar surface area (TPSA) is 77.5 Å². The predicted molar refractivity (Wildman–Crippen MR) is 126 cm³/mol. The van der Waals surface area contributed by atoms with Crippen LogP contribution in [0.15, 0.2) is 30.3 Å². The van der Waals surface area contributed by atoms with Crippen molar-refractivity contribution in [3.63, 3.8) is 0 Å². The number of carboxylic acid groups (broad SMARTS) is 1. The van der Waals surface area contributed by atoms with Crippen LogP contribution in [0.3, 0.4) is 0 Å². The van der Waals surface area contributed by atoms with Crippen LogP contribution in [-0.4, -0.2) is 57.0 Å². The van der Waals surface area contributed by atoms with Gasteiger partial charge in [-0.2, -0.15) is 0 Å². The number of carboxylic acids is 1. The number of carbonyl (C=O) groups is 1. The molecular weight excluding hydrogens is 434 g/mol. The molecule has 0 spiro atoms. The van der Waals surface area contributed by atoms with Gasteiger partial charge in [0, 0.05) is 6.54 Å². The van der Waals surface area contributed by atoms with E-state index < -0.39 is 12.0 Å². The summed E-state index contributed by atoms with van der Waals surface area (Å²) in [5.74, 6) is 1.78. The number of aliphatic carboxylic acids is 1. The molecular formula is C24H28ClNO6. The molecule has 1 heterocycles. The highest BCUT2D eigenvalue weighted by Crippen LogP contribution is 2.41. The third-order valence-corrected chi connectivity index (χ3v) is 6.07. The van der Waals surface area contributed by atoms with Gasteiger partial charge in [0.1, 0.15) is 6.04 Å². The van der Waals surface area contributed by atoms with Crippen LogP contribution in [-0.2, 0) is 11.3 Å². The van der Waals surface area contributed by atoms with E-state index in [2.05, 4.69) is 6.07 Å². The van der Waals surface area contributed by atoms with Gasteiger partial charge in [0.05, 0.1) is 28.4 Å². The number of likely N-dealkylation sites (tertiary alicyclic amines) is 1. The molecule has 1 N–H and O–H groups in total. The summed E-state index contributed by atoms with van der Waals surface area (Å²) in [4.78, 5) is 13.7. The molecule has 1 aliphatic heterocycles. The molecule has 32 heavy (non-hydrogen) atoms. The summed E-state index contributed by atoms with van der Waals surface area (Å²) in [6, 6.07) is 9.48. The van der Waals surface area contributed by atoms with Gasteiger partial charge >= 0.3 is 5.97 Å². The van der Waals surface area contributed by atoms with E-state index in [4.69, 9.17) is 18.9 Å². The van der Waals surface area contributed by atoms with Crippen molar-refractivity contribution in [2.24, 2.45) is 0 Å². The number of hydrogen-bond acceptors (Lipinski definition) is 6. The van der Waals surface area contributed by atoms with Crippen molar-refractivity contribution in [1.82, 2.24) is 4.90 Å². The molecule has 4 rings (SSSR count). The lowest BCUT2D eigenvalue weighted by Gasteiger charge is -2.23. The molecule has 3 aromatic carbocycles. The van der Waals surface area contributed by atoms with Crippen molar-refractivity contribution in [2.45, 2.75) is 25.4 Å². The fourth-order valence-corrected chi connectivity index (χ4v) is 4.52. The molecule has 172 valence electrons. The summed E-state index contributed by atoms with van der Waals surface area (Å²) in [5.41, 5.74) is 1.03. The van der Waals surface area contributed by atoms with Gasteiger partial charge in [-0.1, -0.05) is 0 Å². The van der Waals surface area contributed by atoms with Crippen molar-refractivity contribution in [3.8, 4) is 23.0 Å². The Morgan fingerprint density at radius 1 is 0.875 bits per heavy atom. The third-order valence-electron chi connectivity index (χ3n) is 6.07. The van der Waals surface area contributed by atoms with Gasteiger partial charge in [-0.25, -0.2) is 0 Å². The maximum Gasteiger partial charge on any atom is 0.320 e. The summed E-state index contributed by atoms with van der Waals surface area (Å²) in [6.45, 7) is 1.29. The average molecular weight is 462 g/mol. The lowest BCUT2D eigenvalue weighted by molar-refractivity contribution is -0.142. The van der Waals surface area contributed by atoms with Crippen LogP contribution in [0.5, 0.6) is 23.0 Å². The second kappa shape index (κ2) is 9.71. The molecule has 1 atom stereocenters. The molecule has 1 saturated heterocycles. The number of fused-ring (bicyclic) bond motifs is 3. The smallest absolute Gasteiger partial charge is 0.320 e. The molecule has 0 unspecified atom stereocenters. The Kier molecular flexibility index (Phi) is 7.21. The zero-order valence-electron chi connectivity index (χ0n) is 18.6. The SMILES string of the molecule is COc1cc2cc(CN3CCC[C@H]3C(=O)O)c3cc(OC)c(OC)cc3c2cc1OC.Cl. The zero-order valence-corrected chi connectivity index (χ0v) is 19.5. The van der Waals surface area contributed by atoms with Crippen molar-refractivity contribution in [3.05, 3.63) is 35.9 Å². The predicted octanol–water partition coefficient (Wildman–Crippen LogP) is 4.50. The maximum absolute atomic E-state index is 11.7. The molecule has 0 amide bonds. The Balaban J connectivity index is 0.00000289. The highest BCUT2D eigenvalue weighted by atomic mass is 35.5. The summed E-state index contributed by atoms with van der Waals surface area (Å²) >= 11 is 0. The van der Waals surface area contributed by atoms with Gasteiger partial charge in [0.2, 0.25) is 0 Å². The Hall–Kier alpha value is -2.90. The van der Waals surface area contributed by atoms with Crippen LogP contribution < -0.4 is 18.9 Å². The molecule has 3 aromatic rings. The molecule has 1 fully saturated rings. The minimum atomic E-state index is -0.770. The largest absolute Gasteiger partial charge is 0.493 e. The van der Waals surface area contributed by atoms with Crippen molar-refractivity contribution in [1.29, 1.82) is 0 Å². The maximum atomic E-state index is 11.7. The van der Waals surface area contributed by atoms with Gasteiger partial charge in [-0.3, -0.25) is 9.69 Å². The van der Waals surface area contributed by atoms with E-state index in [0.717, 1.165) is 40.1 Å². The van der Waals surface area contributed by atoms with Crippen LogP contribution in [0.2, 0.25) is 0 Å². The number of ether oxygens (including phenoxy) is 4. The standard InChI is InChI=1S/C24H27NO6.ClH/c1-28-20-9-14-8-15(13-25-7-5-6-19(25)24(26)27)17-11-22(30-3)23(31-4)12-18(17)16(14)10-21(20)29-2;/h8-12,19H,5-7,13H2,1-4H3,(H,26,27);1H/t19-;/m0./s1.